The highest BCUT2D eigenvalue weighted by atomic mass is 32.2. The topological polar surface area (TPSA) is 0 Å². The maximum atomic E-state index is 4.90. The molecular formula is C7H10S2. The van der Waals surface area contributed by atoms with E-state index in [1.165, 1.54) is 24.2 Å². The first-order valence-corrected chi connectivity index (χ1v) is 4.48. The highest BCUT2D eigenvalue weighted by Crippen LogP contribution is 2.32. The largest absolute Gasteiger partial charge is 0.0827 e. The van der Waals surface area contributed by atoms with E-state index in [-0.39, 0.29) is 0 Å². The van der Waals surface area contributed by atoms with Crippen molar-refractivity contribution >= 4 is 28.2 Å². The normalized spacial score (nSPS) is 17.0. The Bertz CT molecular complexity index is 147. The molecule has 0 saturated heterocycles. The second kappa shape index (κ2) is 3.37. The van der Waals surface area contributed by atoms with Crippen molar-refractivity contribution in [2.24, 2.45) is 0 Å². The Morgan fingerprint density at radius 1 is 1.67 bits per heavy atom. The number of rotatable bonds is 3. The van der Waals surface area contributed by atoms with Crippen LogP contribution in [-0.2, 0) is 0 Å². The summed E-state index contributed by atoms with van der Waals surface area (Å²) in [4.78, 5) is 1.47. The summed E-state index contributed by atoms with van der Waals surface area (Å²) in [5.74, 6) is 0. The molecule has 1 aliphatic rings. The molecule has 0 aromatic carbocycles. The third kappa shape index (κ3) is 2.11. The lowest BCUT2D eigenvalue weighted by atomic mass is 10.2. The van der Waals surface area contributed by atoms with E-state index in [0.717, 1.165) is 4.20 Å². The van der Waals surface area contributed by atoms with Crippen LogP contribution in [0.25, 0.3) is 0 Å². The Hall–Kier alpha value is 0.180. The van der Waals surface area contributed by atoms with Gasteiger partial charge in [0, 0.05) is 0 Å². The summed E-state index contributed by atoms with van der Waals surface area (Å²) in [5, 5.41) is 0. The summed E-state index contributed by atoms with van der Waals surface area (Å²) < 4.78 is 1.06. The molecule has 1 rings (SSSR count). The molecule has 1 aliphatic heterocycles. The van der Waals surface area contributed by atoms with Gasteiger partial charge < -0.3 is 0 Å². The number of hydrogen-bond acceptors (Lipinski definition) is 2. The molecule has 0 spiro atoms. The Morgan fingerprint density at radius 2 is 2.33 bits per heavy atom. The number of thiocarbonyl (C=S) groups is 1. The predicted octanol–water partition coefficient (Wildman–Crippen LogP) is 3.13. The first-order valence-electron chi connectivity index (χ1n) is 3.25. The minimum absolute atomic E-state index is 1.06. The SMILES string of the molecule is CCCCC1=CC(=S)S1. The standard InChI is InChI=1S/C7H10S2/c1-2-3-4-6-5-7(8)9-6/h5H,2-4H2,1H3. The fourth-order valence-electron chi connectivity index (χ4n) is 0.736. The van der Waals surface area contributed by atoms with Gasteiger partial charge >= 0.3 is 0 Å². The van der Waals surface area contributed by atoms with Crippen LogP contribution in [0, 0.1) is 0 Å². The van der Waals surface area contributed by atoms with E-state index in [9.17, 15) is 0 Å². The number of unbranched alkanes of at least 4 members (excludes halogenated alkanes) is 1. The second-order valence-corrected chi connectivity index (χ2v) is 4.00. The van der Waals surface area contributed by atoms with E-state index in [1.807, 2.05) is 0 Å². The third-order valence-corrected chi connectivity index (χ3v) is 2.56. The molecule has 0 aliphatic carbocycles. The van der Waals surface area contributed by atoms with Gasteiger partial charge in [0.05, 0.1) is 4.20 Å². The van der Waals surface area contributed by atoms with E-state index >= 15 is 0 Å². The van der Waals surface area contributed by atoms with Crippen LogP contribution in [0.1, 0.15) is 26.2 Å². The Morgan fingerprint density at radius 3 is 2.78 bits per heavy atom. The van der Waals surface area contributed by atoms with Crippen molar-refractivity contribution < 1.29 is 0 Å². The molecule has 0 amide bonds. The van der Waals surface area contributed by atoms with Crippen molar-refractivity contribution in [3.63, 3.8) is 0 Å². The first-order chi connectivity index (χ1) is 4.33. The van der Waals surface area contributed by atoms with E-state index in [2.05, 4.69) is 13.0 Å². The molecule has 0 fully saturated rings. The molecule has 9 heavy (non-hydrogen) atoms. The zero-order chi connectivity index (χ0) is 6.69. The molecule has 0 unspecified atom stereocenters. The molecule has 0 bridgehead atoms. The van der Waals surface area contributed by atoms with Crippen LogP contribution in [0.15, 0.2) is 11.0 Å². The van der Waals surface area contributed by atoms with Crippen LogP contribution in [0.2, 0.25) is 0 Å². The molecule has 1 heterocycles. The first kappa shape index (κ1) is 7.29. The molecule has 0 nitrogen and oxygen atoms in total. The van der Waals surface area contributed by atoms with Crippen LogP contribution in [-0.4, -0.2) is 4.20 Å². The van der Waals surface area contributed by atoms with Crippen molar-refractivity contribution in [2.75, 3.05) is 0 Å². The van der Waals surface area contributed by atoms with Crippen molar-refractivity contribution in [3.8, 4) is 0 Å². The van der Waals surface area contributed by atoms with Gasteiger partial charge in [0.1, 0.15) is 0 Å². The van der Waals surface area contributed by atoms with Gasteiger partial charge in [-0.2, -0.15) is 0 Å². The Labute approximate surface area is 65.7 Å². The Balaban J connectivity index is 2.16. The summed E-state index contributed by atoms with van der Waals surface area (Å²) in [5.41, 5.74) is 0. The molecule has 0 saturated carbocycles. The molecule has 2 heteroatoms. The second-order valence-electron chi connectivity index (χ2n) is 2.14. The molecule has 0 radical (unpaired) electrons. The highest BCUT2D eigenvalue weighted by Gasteiger charge is 2.10. The van der Waals surface area contributed by atoms with Crippen molar-refractivity contribution in [1.82, 2.24) is 0 Å². The van der Waals surface area contributed by atoms with Gasteiger partial charge in [0.15, 0.2) is 0 Å². The van der Waals surface area contributed by atoms with Gasteiger partial charge in [-0.05, 0) is 23.8 Å². The number of allylic oxidation sites excluding steroid dienone is 1. The van der Waals surface area contributed by atoms with Crippen molar-refractivity contribution in [2.45, 2.75) is 26.2 Å². The van der Waals surface area contributed by atoms with E-state index in [1.54, 1.807) is 11.8 Å². The quantitative estimate of drug-likeness (QED) is 0.579. The maximum Gasteiger partial charge on any atom is 0.0758 e. The summed E-state index contributed by atoms with van der Waals surface area (Å²) in [6.07, 6.45) is 5.93. The molecule has 0 atom stereocenters. The number of thioether (sulfide) groups is 1. The molecule has 0 aromatic heterocycles. The van der Waals surface area contributed by atoms with Crippen LogP contribution >= 0.6 is 24.0 Å². The lowest BCUT2D eigenvalue weighted by Gasteiger charge is -2.13. The fraction of sp³-hybridized carbons (Fsp3) is 0.571. The summed E-state index contributed by atoms with van der Waals surface area (Å²) in [6, 6.07) is 0. The average Bonchev–Trinajstić information content (AvgIpc) is 1.78. The van der Waals surface area contributed by atoms with E-state index < -0.39 is 0 Å². The van der Waals surface area contributed by atoms with Crippen LogP contribution in [0.5, 0.6) is 0 Å². The van der Waals surface area contributed by atoms with Gasteiger partial charge in [-0.15, -0.1) is 0 Å². The van der Waals surface area contributed by atoms with Crippen molar-refractivity contribution in [3.05, 3.63) is 11.0 Å². The van der Waals surface area contributed by atoms with Crippen LogP contribution in [0.4, 0.5) is 0 Å². The zero-order valence-corrected chi connectivity index (χ0v) is 7.15. The lowest BCUT2D eigenvalue weighted by Crippen LogP contribution is -1.96. The van der Waals surface area contributed by atoms with Gasteiger partial charge in [-0.25, -0.2) is 0 Å². The fourth-order valence-corrected chi connectivity index (χ4v) is 1.97. The predicted molar refractivity (Wildman–Crippen MR) is 47.8 cm³/mol. The highest BCUT2D eigenvalue weighted by molar-refractivity contribution is 8.28. The monoisotopic (exact) mass is 158 g/mol. The maximum absolute atomic E-state index is 4.90. The average molecular weight is 158 g/mol. The zero-order valence-electron chi connectivity index (χ0n) is 5.52. The minimum Gasteiger partial charge on any atom is -0.0827 e. The van der Waals surface area contributed by atoms with E-state index in [0.29, 0.717) is 0 Å². The van der Waals surface area contributed by atoms with Gasteiger partial charge in [0.2, 0.25) is 0 Å². The summed E-state index contributed by atoms with van der Waals surface area (Å²) in [6.45, 7) is 2.21. The third-order valence-electron chi connectivity index (χ3n) is 1.29. The van der Waals surface area contributed by atoms with Gasteiger partial charge in [-0.1, -0.05) is 37.3 Å². The van der Waals surface area contributed by atoms with Crippen LogP contribution < -0.4 is 0 Å². The van der Waals surface area contributed by atoms with Crippen LogP contribution in [0.3, 0.4) is 0 Å². The molecule has 0 aromatic rings. The number of hydrogen-bond donors (Lipinski definition) is 0. The lowest BCUT2D eigenvalue weighted by molar-refractivity contribution is 0.809. The summed E-state index contributed by atoms with van der Waals surface area (Å²) in [7, 11) is 0. The minimum atomic E-state index is 1.06. The molecule has 50 valence electrons. The smallest absolute Gasteiger partial charge is 0.0758 e. The molecular weight excluding hydrogens is 148 g/mol. The Kier molecular flexibility index (Phi) is 2.73. The van der Waals surface area contributed by atoms with Gasteiger partial charge in [0.25, 0.3) is 0 Å². The van der Waals surface area contributed by atoms with Crippen molar-refractivity contribution in [1.29, 1.82) is 0 Å². The van der Waals surface area contributed by atoms with E-state index in [4.69, 9.17) is 12.2 Å². The molecule has 0 N–H and O–H groups in total. The summed E-state index contributed by atoms with van der Waals surface area (Å²) >= 11 is 6.66. The van der Waals surface area contributed by atoms with Gasteiger partial charge in [-0.3, -0.25) is 0 Å².